The molecule has 0 saturated heterocycles. The molecule has 1 saturated carbocycles. The van der Waals surface area contributed by atoms with E-state index in [1.807, 2.05) is 0 Å². The SMILES string of the molecule is CC1CCC(NC(=O)COC(=O)c2ccc3c(c2)OCO3)CC1. The van der Waals surface area contributed by atoms with Gasteiger partial charge in [0.25, 0.3) is 5.91 Å². The van der Waals surface area contributed by atoms with Crippen molar-refractivity contribution >= 4 is 11.9 Å². The van der Waals surface area contributed by atoms with Crippen molar-refractivity contribution in [2.75, 3.05) is 13.4 Å². The smallest absolute Gasteiger partial charge is 0.338 e. The third kappa shape index (κ3) is 3.94. The maximum absolute atomic E-state index is 12.0. The topological polar surface area (TPSA) is 73.9 Å². The van der Waals surface area contributed by atoms with Crippen LogP contribution in [0.4, 0.5) is 0 Å². The maximum atomic E-state index is 12.0. The molecule has 1 heterocycles. The van der Waals surface area contributed by atoms with Gasteiger partial charge in [-0.1, -0.05) is 6.92 Å². The number of ether oxygens (including phenoxy) is 3. The fourth-order valence-electron chi connectivity index (χ4n) is 2.91. The van der Waals surface area contributed by atoms with Crippen molar-refractivity contribution in [2.45, 2.75) is 38.6 Å². The summed E-state index contributed by atoms with van der Waals surface area (Å²) in [6, 6.07) is 5.01. The molecule has 3 rings (SSSR count). The zero-order chi connectivity index (χ0) is 16.2. The Morgan fingerprint density at radius 2 is 1.91 bits per heavy atom. The number of rotatable bonds is 4. The van der Waals surface area contributed by atoms with E-state index in [1.54, 1.807) is 18.2 Å². The van der Waals surface area contributed by atoms with E-state index < -0.39 is 5.97 Å². The summed E-state index contributed by atoms with van der Waals surface area (Å²) in [5, 5.41) is 2.93. The van der Waals surface area contributed by atoms with Gasteiger partial charge in [0.2, 0.25) is 6.79 Å². The number of esters is 1. The fraction of sp³-hybridized carbons (Fsp3) is 0.529. The van der Waals surface area contributed by atoms with E-state index in [-0.39, 0.29) is 25.3 Å². The van der Waals surface area contributed by atoms with Crippen LogP contribution < -0.4 is 14.8 Å². The van der Waals surface area contributed by atoms with Crippen LogP contribution in [0.5, 0.6) is 11.5 Å². The number of hydrogen-bond acceptors (Lipinski definition) is 5. The van der Waals surface area contributed by atoms with E-state index in [1.165, 1.54) is 0 Å². The van der Waals surface area contributed by atoms with Crippen LogP contribution in [0.15, 0.2) is 18.2 Å². The lowest BCUT2D eigenvalue weighted by Gasteiger charge is -2.26. The van der Waals surface area contributed by atoms with Crippen molar-refractivity contribution in [1.82, 2.24) is 5.32 Å². The molecule has 0 bridgehead atoms. The Morgan fingerprint density at radius 3 is 2.70 bits per heavy atom. The summed E-state index contributed by atoms with van der Waals surface area (Å²) in [6.07, 6.45) is 4.23. The lowest BCUT2D eigenvalue weighted by molar-refractivity contribution is -0.125. The summed E-state index contributed by atoms with van der Waals surface area (Å²) >= 11 is 0. The van der Waals surface area contributed by atoms with Gasteiger partial charge in [-0.25, -0.2) is 4.79 Å². The third-order valence-electron chi connectivity index (χ3n) is 4.32. The second-order valence-electron chi connectivity index (χ2n) is 6.17. The minimum Gasteiger partial charge on any atom is -0.454 e. The molecule has 0 spiro atoms. The Morgan fingerprint density at radius 1 is 1.17 bits per heavy atom. The van der Waals surface area contributed by atoms with Gasteiger partial charge in [-0.05, 0) is 49.8 Å². The quantitative estimate of drug-likeness (QED) is 0.862. The maximum Gasteiger partial charge on any atom is 0.338 e. The van der Waals surface area contributed by atoms with Gasteiger partial charge >= 0.3 is 5.97 Å². The summed E-state index contributed by atoms with van der Waals surface area (Å²) in [7, 11) is 0. The van der Waals surface area contributed by atoms with E-state index in [4.69, 9.17) is 14.2 Å². The molecule has 1 fully saturated rings. The molecule has 0 unspecified atom stereocenters. The molecule has 6 heteroatoms. The van der Waals surface area contributed by atoms with Crippen molar-refractivity contribution in [2.24, 2.45) is 5.92 Å². The molecule has 0 aromatic heterocycles. The molecule has 0 radical (unpaired) electrons. The highest BCUT2D eigenvalue weighted by molar-refractivity contribution is 5.92. The Balaban J connectivity index is 1.46. The van der Waals surface area contributed by atoms with Gasteiger partial charge in [-0.2, -0.15) is 0 Å². The highest BCUT2D eigenvalue weighted by Crippen LogP contribution is 2.32. The minimum absolute atomic E-state index is 0.149. The zero-order valence-electron chi connectivity index (χ0n) is 13.2. The first kappa shape index (κ1) is 15.6. The standard InChI is InChI=1S/C17H21NO5/c1-11-2-5-13(6-3-11)18-16(19)9-21-17(20)12-4-7-14-15(8-12)23-10-22-14/h4,7-8,11,13H,2-3,5-6,9-10H2,1H3,(H,18,19). The van der Waals surface area contributed by atoms with E-state index in [0.29, 0.717) is 17.1 Å². The van der Waals surface area contributed by atoms with Crippen LogP contribution in [-0.2, 0) is 9.53 Å². The first-order valence-electron chi connectivity index (χ1n) is 7.98. The number of amides is 1. The lowest BCUT2D eigenvalue weighted by Crippen LogP contribution is -2.39. The number of fused-ring (bicyclic) bond motifs is 1. The van der Waals surface area contributed by atoms with E-state index >= 15 is 0 Å². The summed E-state index contributed by atoms with van der Waals surface area (Å²) in [4.78, 5) is 23.9. The van der Waals surface area contributed by atoms with Gasteiger partial charge in [-0.3, -0.25) is 4.79 Å². The Hall–Kier alpha value is -2.24. The Labute approximate surface area is 135 Å². The Kier molecular flexibility index (Phi) is 4.69. The zero-order valence-corrected chi connectivity index (χ0v) is 13.2. The first-order chi connectivity index (χ1) is 11.1. The van der Waals surface area contributed by atoms with Crippen molar-refractivity contribution in [1.29, 1.82) is 0 Å². The third-order valence-corrected chi connectivity index (χ3v) is 4.32. The van der Waals surface area contributed by atoms with E-state index in [0.717, 1.165) is 31.6 Å². The summed E-state index contributed by atoms with van der Waals surface area (Å²) in [5.41, 5.74) is 0.341. The van der Waals surface area contributed by atoms with E-state index in [2.05, 4.69) is 12.2 Å². The molecule has 1 aliphatic carbocycles. The minimum atomic E-state index is -0.546. The van der Waals surface area contributed by atoms with Gasteiger partial charge in [0, 0.05) is 6.04 Å². The molecule has 6 nitrogen and oxygen atoms in total. The second-order valence-corrected chi connectivity index (χ2v) is 6.17. The van der Waals surface area contributed by atoms with Crippen LogP contribution in [0.3, 0.4) is 0 Å². The molecular formula is C17H21NO5. The van der Waals surface area contributed by atoms with Crippen molar-refractivity contribution in [3.63, 3.8) is 0 Å². The van der Waals surface area contributed by atoms with Crippen LogP contribution in [0.2, 0.25) is 0 Å². The monoisotopic (exact) mass is 319 g/mol. The summed E-state index contributed by atoms with van der Waals surface area (Å²) < 4.78 is 15.5. The predicted octanol–water partition coefficient (Wildman–Crippen LogP) is 2.27. The predicted molar refractivity (Wildman–Crippen MR) is 82.4 cm³/mol. The fourth-order valence-corrected chi connectivity index (χ4v) is 2.91. The molecule has 124 valence electrons. The average molecular weight is 319 g/mol. The first-order valence-corrected chi connectivity index (χ1v) is 7.98. The second kappa shape index (κ2) is 6.89. The van der Waals surface area contributed by atoms with Gasteiger partial charge in [0.05, 0.1) is 5.56 Å². The lowest BCUT2D eigenvalue weighted by atomic mass is 9.87. The number of hydrogen-bond donors (Lipinski definition) is 1. The van der Waals surface area contributed by atoms with Gasteiger partial charge in [0.1, 0.15) is 0 Å². The largest absolute Gasteiger partial charge is 0.454 e. The van der Waals surface area contributed by atoms with Crippen molar-refractivity contribution in [3.8, 4) is 11.5 Å². The highest BCUT2D eigenvalue weighted by atomic mass is 16.7. The molecule has 1 aromatic carbocycles. The van der Waals surface area contributed by atoms with Crippen LogP contribution in [-0.4, -0.2) is 31.3 Å². The molecule has 1 amide bonds. The number of carbonyl (C=O) groups excluding carboxylic acids is 2. The van der Waals surface area contributed by atoms with E-state index in [9.17, 15) is 9.59 Å². The molecular weight excluding hydrogens is 298 g/mol. The molecule has 1 aliphatic heterocycles. The summed E-state index contributed by atoms with van der Waals surface area (Å²) in [6.45, 7) is 2.11. The molecule has 2 aliphatic rings. The van der Waals surface area contributed by atoms with Gasteiger partial charge in [-0.15, -0.1) is 0 Å². The molecule has 23 heavy (non-hydrogen) atoms. The van der Waals surface area contributed by atoms with Crippen LogP contribution in [0.25, 0.3) is 0 Å². The van der Waals surface area contributed by atoms with Crippen LogP contribution in [0, 0.1) is 5.92 Å². The van der Waals surface area contributed by atoms with Crippen LogP contribution >= 0.6 is 0 Å². The van der Waals surface area contributed by atoms with Crippen LogP contribution in [0.1, 0.15) is 43.0 Å². The normalized spacial score (nSPS) is 22.5. The number of nitrogens with one attached hydrogen (secondary N) is 1. The van der Waals surface area contributed by atoms with Gasteiger partial charge < -0.3 is 19.5 Å². The number of carbonyl (C=O) groups is 2. The molecule has 0 atom stereocenters. The van der Waals surface area contributed by atoms with Crippen molar-refractivity contribution < 1.29 is 23.8 Å². The highest BCUT2D eigenvalue weighted by Gasteiger charge is 2.21. The molecule has 1 N–H and O–H groups in total. The molecule has 1 aromatic rings. The number of benzene rings is 1. The summed E-state index contributed by atoms with van der Waals surface area (Å²) in [5.74, 6) is 1.05. The van der Waals surface area contributed by atoms with Crippen molar-refractivity contribution in [3.05, 3.63) is 23.8 Å². The average Bonchev–Trinajstić information content (AvgIpc) is 3.02. The Bertz CT molecular complexity index is 593. The van der Waals surface area contributed by atoms with Gasteiger partial charge in [0.15, 0.2) is 18.1 Å².